The van der Waals surface area contributed by atoms with Crippen molar-refractivity contribution in [3.05, 3.63) is 34.7 Å². The molecule has 0 atom stereocenters. The van der Waals surface area contributed by atoms with Crippen LogP contribution in [-0.4, -0.2) is 9.97 Å². The standard InChI is InChI=1S/C9H8BrN3/c10-7-2-1-6-5-12-9(4-11)13-8(6)3-7/h1-3,5H,4,11H2. The first-order chi connectivity index (χ1) is 6.29. The van der Waals surface area contributed by atoms with Crippen molar-refractivity contribution in [2.75, 3.05) is 0 Å². The Kier molecular flexibility index (Phi) is 2.24. The van der Waals surface area contributed by atoms with Gasteiger partial charge in [0.2, 0.25) is 0 Å². The van der Waals surface area contributed by atoms with Crippen molar-refractivity contribution in [1.29, 1.82) is 0 Å². The Labute approximate surface area is 84.1 Å². The third-order valence-electron chi connectivity index (χ3n) is 1.78. The van der Waals surface area contributed by atoms with Crippen LogP contribution < -0.4 is 5.73 Å². The van der Waals surface area contributed by atoms with E-state index in [-0.39, 0.29) is 0 Å². The van der Waals surface area contributed by atoms with Crippen molar-refractivity contribution in [3.8, 4) is 0 Å². The first-order valence-corrected chi connectivity index (χ1v) is 4.70. The highest BCUT2D eigenvalue weighted by molar-refractivity contribution is 9.10. The lowest BCUT2D eigenvalue weighted by Gasteiger charge is -1.99. The molecule has 1 aromatic carbocycles. The van der Waals surface area contributed by atoms with E-state index in [4.69, 9.17) is 5.73 Å². The summed E-state index contributed by atoms with van der Waals surface area (Å²) in [6.07, 6.45) is 1.79. The number of halogens is 1. The lowest BCUT2D eigenvalue weighted by atomic mass is 10.2. The molecule has 0 fully saturated rings. The molecule has 4 heteroatoms. The second-order valence-electron chi connectivity index (χ2n) is 2.69. The van der Waals surface area contributed by atoms with E-state index in [1.807, 2.05) is 18.2 Å². The Morgan fingerprint density at radius 2 is 2.23 bits per heavy atom. The van der Waals surface area contributed by atoms with Gasteiger partial charge in [-0.3, -0.25) is 0 Å². The van der Waals surface area contributed by atoms with Gasteiger partial charge in [0.15, 0.2) is 0 Å². The molecule has 0 aliphatic rings. The van der Waals surface area contributed by atoms with Gasteiger partial charge in [0.25, 0.3) is 0 Å². The van der Waals surface area contributed by atoms with Crippen LogP contribution in [0, 0.1) is 0 Å². The fourth-order valence-corrected chi connectivity index (χ4v) is 1.48. The quantitative estimate of drug-likeness (QED) is 0.824. The van der Waals surface area contributed by atoms with Gasteiger partial charge in [0, 0.05) is 16.1 Å². The fourth-order valence-electron chi connectivity index (χ4n) is 1.13. The van der Waals surface area contributed by atoms with Gasteiger partial charge in [-0.15, -0.1) is 0 Å². The second-order valence-corrected chi connectivity index (χ2v) is 3.61. The highest BCUT2D eigenvalue weighted by Gasteiger charge is 1.98. The number of rotatable bonds is 1. The van der Waals surface area contributed by atoms with E-state index in [1.54, 1.807) is 6.20 Å². The molecule has 0 aliphatic heterocycles. The molecule has 1 heterocycles. The summed E-state index contributed by atoms with van der Waals surface area (Å²) < 4.78 is 1.02. The lowest BCUT2D eigenvalue weighted by Crippen LogP contribution is -2.02. The molecule has 0 bridgehead atoms. The average molecular weight is 238 g/mol. The predicted octanol–water partition coefficient (Wildman–Crippen LogP) is 1.85. The van der Waals surface area contributed by atoms with Crippen LogP contribution in [-0.2, 0) is 6.54 Å². The van der Waals surface area contributed by atoms with Crippen molar-refractivity contribution in [1.82, 2.24) is 9.97 Å². The number of benzene rings is 1. The third-order valence-corrected chi connectivity index (χ3v) is 2.27. The predicted molar refractivity (Wildman–Crippen MR) is 55.1 cm³/mol. The SMILES string of the molecule is NCc1ncc2ccc(Br)cc2n1. The maximum atomic E-state index is 5.44. The molecular weight excluding hydrogens is 230 g/mol. The van der Waals surface area contributed by atoms with E-state index in [0.29, 0.717) is 12.4 Å². The summed E-state index contributed by atoms with van der Waals surface area (Å²) >= 11 is 3.39. The fraction of sp³-hybridized carbons (Fsp3) is 0.111. The number of hydrogen-bond donors (Lipinski definition) is 1. The van der Waals surface area contributed by atoms with Crippen LogP contribution in [0.2, 0.25) is 0 Å². The molecule has 1 aromatic heterocycles. The number of aromatic nitrogens is 2. The summed E-state index contributed by atoms with van der Waals surface area (Å²) in [7, 11) is 0. The summed E-state index contributed by atoms with van der Waals surface area (Å²) in [5, 5.41) is 1.03. The van der Waals surface area contributed by atoms with Crippen LogP contribution >= 0.6 is 15.9 Å². The summed E-state index contributed by atoms with van der Waals surface area (Å²) in [6.45, 7) is 0.377. The second kappa shape index (κ2) is 3.40. The van der Waals surface area contributed by atoms with Crippen molar-refractivity contribution in [2.24, 2.45) is 5.73 Å². The van der Waals surface area contributed by atoms with Crippen LogP contribution in [0.3, 0.4) is 0 Å². The molecule has 0 amide bonds. The number of nitrogens with zero attached hydrogens (tertiary/aromatic N) is 2. The molecule has 0 radical (unpaired) electrons. The average Bonchev–Trinajstić information content (AvgIpc) is 2.16. The van der Waals surface area contributed by atoms with E-state index in [0.717, 1.165) is 15.4 Å². The Bertz CT molecular complexity index is 442. The Morgan fingerprint density at radius 3 is 3.00 bits per heavy atom. The molecule has 0 saturated carbocycles. The molecular formula is C9H8BrN3. The first kappa shape index (κ1) is 8.59. The van der Waals surface area contributed by atoms with Gasteiger partial charge in [0.1, 0.15) is 5.82 Å². The summed E-state index contributed by atoms with van der Waals surface area (Å²) in [4.78, 5) is 8.39. The van der Waals surface area contributed by atoms with E-state index >= 15 is 0 Å². The summed E-state index contributed by atoms with van der Waals surface area (Å²) in [5.41, 5.74) is 6.36. The molecule has 2 aromatic rings. The topological polar surface area (TPSA) is 51.8 Å². The molecule has 0 spiro atoms. The molecule has 66 valence electrons. The van der Waals surface area contributed by atoms with Gasteiger partial charge in [-0.05, 0) is 12.1 Å². The number of hydrogen-bond acceptors (Lipinski definition) is 3. The maximum absolute atomic E-state index is 5.44. The van der Waals surface area contributed by atoms with Crippen LogP contribution in [0.15, 0.2) is 28.9 Å². The lowest BCUT2D eigenvalue weighted by molar-refractivity contribution is 0.926. The van der Waals surface area contributed by atoms with Crippen LogP contribution in [0.1, 0.15) is 5.82 Å². The van der Waals surface area contributed by atoms with Gasteiger partial charge in [-0.25, -0.2) is 9.97 Å². The molecule has 13 heavy (non-hydrogen) atoms. The monoisotopic (exact) mass is 237 g/mol. The van der Waals surface area contributed by atoms with Crippen LogP contribution in [0.4, 0.5) is 0 Å². The van der Waals surface area contributed by atoms with E-state index in [2.05, 4.69) is 25.9 Å². The van der Waals surface area contributed by atoms with Gasteiger partial charge in [0.05, 0.1) is 12.1 Å². The maximum Gasteiger partial charge on any atom is 0.142 e. The van der Waals surface area contributed by atoms with Crippen molar-refractivity contribution >= 4 is 26.8 Å². The zero-order valence-corrected chi connectivity index (χ0v) is 8.45. The molecule has 0 saturated heterocycles. The van der Waals surface area contributed by atoms with Crippen LogP contribution in [0.25, 0.3) is 10.9 Å². The van der Waals surface area contributed by atoms with E-state index in [9.17, 15) is 0 Å². The molecule has 3 nitrogen and oxygen atoms in total. The first-order valence-electron chi connectivity index (χ1n) is 3.91. The Morgan fingerprint density at radius 1 is 1.38 bits per heavy atom. The largest absolute Gasteiger partial charge is 0.324 e. The summed E-state index contributed by atoms with van der Waals surface area (Å²) in [5.74, 6) is 0.672. The summed E-state index contributed by atoms with van der Waals surface area (Å²) in [6, 6.07) is 5.89. The van der Waals surface area contributed by atoms with E-state index in [1.165, 1.54) is 0 Å². The van der Waals surface area contributed by atoms with Gasteiger partial charge >= 0.3 is 0 Å². The normalized spacial score (nSPS) is 10.6. The highest BCUT2D eigenvalue weighted by atomic mass is 79.9. The highest BCUT2D eigenvalue weighted by Crippen LogP contribution is 2.16. The van der Waals surface area contributed by atoms with Gasteiger partial charge < -0.3 is 5.73 Å². The zero-order valence-electron chi connectivity index (χ0n) is 6.87. The number of fused-ring (bicyclic) bond motifs is 1. The van der Waals surface area contributed by atoms with Gasteiger partial charge in [-0.1, -0.05) is 22.0 Å². The molecule has 2 rings (SSSR count). The molecule has 2 N–H and O–H groups in total. The van der Waals surface area contributed by atoms with Crippen molar-refractivity contribution in [2.45, 2.75) is 6.54 Å². The third kappa shape index (κ3) is 1.68. The minimum absolute atomic E-state index is 0.377. The van der Waals surface area contributed by atoms with Crippen LogP contribution in [0.5, 0.6) is 0 Å². The van der Waals surface area contributed by atoms with Gasteiger partial charge in [-0.2, -0.15) is 0 Å². The van der Waals surface area contributed by atoms with Crippen molar-refractivity contribution < 1.29 is 0 Å². The Balaban J connectivity index is 2.68. The molecule has 0 unspecified atom stereocenters. The Hall–Kier alpha value is -1.00. The number of nitrogens with two attached hydrogens (primary N) is 1. The molecule has 0 aliphatic carbocycles. The smallest absolute Gasteiger partial charge is 0.142 e. The minimum Gasteiger partial charge on any atom is -0.324 e. The van der Waals surface area contributed by atoms with E-state index < -0.39 is 0 Å². The van der Waals surface area contributed by atoms with Crippen molar-refractivity contribution in [3.63, 3.8) is 0 Å². The zero-order chi connectivity index (χ0) is 9.26. The minimum atomic E-state index is 0.377.